The summed E-state index contributed by atoms with van der Waals surface area (Å²) in [4.78, 5) is 62.1. The van der Waals surface area contributed by atoms with Gasteiger partial charge in [-0.05, 0) is 31.4 Å². The molecule has 1 aromatic carbocycles. The minimum absolute atomic E-state index is 0.00211. The van der Waals surface area contributed by atoms with Crippen molar-refractivity contribution in [1.82, 2.24) is 10.2 Å². The zero-order chi connectivity index (χ0) is 24.2. The number of imide groups is 2. The van der Waals surface area contributed by atoms with Gasteiger partial charge in [0.15, 0.2) is 5.78 Å². The van der Waals surface area contributed by atoms with Gasteiger partial charge in [0.25, 0.3) is 11.8 Å². The van der Waals surface area contributed by atoms with Gasteiger partial charge in [0.05, 0.1) is 11.1 Å². The average molecular weight is 468 g/mol. The fourth-order valence-electron chi connectivity index (χ4n) is 3.84. The second-order valence-corrected chi connectivity index (χ2v) is 7.98. The number of benzene rings is 1. The number of piperidine rings is 1. The molecule has 2 aliphatic rings. The number of carbonyl (C=O) groups is 5. The lowest BCUT2D eigenvalue weighted by Crippen LogP contribution is -2.54. The number of ketones is 1. The Kier molecular flexibility index (Phi) is 7.50. The number of carbonyl (C=O) groups excluding carboxylic acids is 5. The molecule has 0 spiro atoms. The van der Waals surface area contributed by atoms with Gasteiger partial charge in [-0.2, -0.15) is 13.2 Å². The lowest BCUT2D eigenvalue weighted by molar-refractivity contribution is -0.137. The van der Waals surface area contributed by atoms with Crippen LogP contribution < -0.4 is 10.1 Å². The molecule has 1 fully saturated rings. The second kappa shape index (κ2) is 10.1. The first kappa shape index (κ1) is 24.4. The van der Waals surface area contributed by atoms with Gasteiger partial charge in [0.2, 0.25) is 11.8 Å². The highest BCUT2D eigenvalue weighted by Gasteiger charge is 2.46. The molecule has 8 nitrogen and oxygen atoms in total. The molecule has 1 aromatic rings. The van der Waals surface area contributed by atoms with E-state index < -0.39 is 42.3 Å². The zero-order valence-corrected chi connectivity index (χ0v) is 17.7. The third-order valence-electron chi connectivity index (χ3n) is 5.48. The second-order valence-electron chi connectivity index (χ2n) is 7.98. The number of rotatable bonds is 10. The number of hydrogen-bond donors (Lipinski definition) is 1. The molecule has 4 amide bonds. The number of Topliss-reactive ketones (excluding diaryl/α,β-unsaturated/α-hetero) is 1. The minimum Gasteiger partial charge on any atom is -0.485 e. The van der Waals surface area contributed by atoms with Crippen molar-refractivity contribution in [3.05, 3.63) is 29.3 Å². The number of nitrogens with zero attached hydrogens (tertiary/aromatic N) is 1. The van der Waals surface area contributed by atoms with Gasteiger partial charge in [-0.3, -0.25) is 34.2 Å². The molecule has 1 unspecified atom stereocenters. The Labute approximate surface area is 187 Å². The Balaban J connectivity index is 1.55. The highest BCUT2D eigenvalue weighted by atomic mass is 19.4. The topological polar surface area (TPSA) is 110 Å². The largest absolute Gasteiger partial charge is 0.485 e. The molecule has 33 heavy (non-hydrogen) atoms. The fourth-order valence-corrected chi connectivity index (χ4v) is 3.84. The number of halogens is 3. The predicted octanol–water partition coefficient (Wildman–Crippen LogP) is 2.94. The normalized spacial score (nSPS) is 18.4. The summed E-state index contributed by atoms with van der Waals surface area (Å²) in [5.41, 5.74) is -0.00790. The maximum atomic E-state index is 12.9. The van der Waals surface area contributed by atoms with E-state index >= 15 is 0 Å². The van der Waals surface area contributed by atoms with Crippen molar-refractivity contribution in [3.63, 3.8) is 0 Å². The van der Waals surface area contributed by atoms with Crippen molar-refractivity contribution in [1.29, 1.82) is 0 Å². The van der Waals surface area contributed by atoms with Crippen LogP contribution >= 0.6 is 0 Å². The summed E-state index contributed by atoms with van der Waals surface area (Å²) in [6, 6.07) is 3.22. The first-order valence-electron chi connectivity index (χ1n) is 10.6. The van der Waals surface area contributed by atoms with Crippen LogP contribution in [0, 0.1) is 0 Å². The van der Waals surface area contributed by atoms with Crippen molar-refractivity contribution < 1.29 is 41.9 Å². The van der Waals surface area contributed by atoms with Crippen LogP contribution in [0.15, 0.2) is 18.2 Å². The Morgan fingerprint density at radius 1 is 1.06 bits per heavy atom. The maximum absolute atomic E-state index is 12.9. The fraction of sp³-hybridized carbons (Fsp3) is 0.500. The van der Waals surface area contributed by atoms with Gasteiger partial charge in [0, 0.05) is 19.3 Å². The van der Waals surface area contributed by atoms with E-state index in [1.54, 1.807) is 0 Å². The molecule has 11 heteroatoms. The van der Waals surface area contributed by atoms with Gasteiger partial charge in [-0.15, -0.1) is 0 Å². The summed E-state index contributed by atoms with van der Waals surface area (Å²) in [5, 5.41) is 2.11. The van der Waals surface area contributed by atoms with E-state index in [4.69, 9.17) is 4.74 Å². The molecule has 0 radical (unpaired) electrons. The predicted molar refractivity (Wildman–Crippen MR) is 107 cm³/mol. The molecule has 178 valence electrons. The maximum Gasteiger partial charge on any atom is 0.389 e. The van der Waals surface area contributed by atoms with Crippen molar-refractivity contribution >= 4 is 29.4 Å². The summed E-state index contributed by atoms with van der Waals surface area (Å²) in [6.07, 6.45) is -3.58. The molecule has 2 aliphatic heterocycles. The smallest absolute Gasteiger partial charge is 0.389 e. The number of fused-ring (bicyclic) bond motifs is 1. The summed E-state index contributed by atoms with van der Waals surface area (Å²) >= 11 is 0. The van der Waals surface area contributed by atoms with Gasteiger partial charge in [-0.1, -0.05) is 18.9 Å². The molecule has 0 bridgehead atoms. The molecule has 2 heterocycles. The summed E-state index contributed by atoms with van der Waals surface area (Å²) in [6.45, 7) is -0.362. The van der Waals surface area contributed by atoms with Crippen LogP contribution in [0.4, 0.5) is 13.2 Å². The van der Waals surface area contributed by atoms with Gasteiger partial charge < -0.3 is 4.74 Å². The van der Waals surface area contributed by atoms with Crippen LogP contribution in [0.1, 0.15) is 72.1 Å². The standard InChI is InChI=1S/C22H23F3N2O6/c23-22(24,25)11-4-2-1-3-6-13(28)12-33-16-8-5-7-14-18(16)21(32)27(20(14)31)15-9-10-17(29)26-19(15)30/h5,7-8,15H,1-4,6,9-12H2,(H,26,29,30). The molecular weight excluding hydrogens is 445 g/mol. The van der Waals surface area contributed by atoms with Gasteiger partial charge in [0.1, 0.15) is 18.4 Å². The number of nitrogens with one attached hydrogen (secondary N) is 1. The van der Waals surface area contributed by atoms with Crippen LogP contribution in [0.3, 0.4) is 0 Å². The zero-order valence-electron chi connectivity index (χ0n) is 17.7. The lowest BCUT2D eigenvalue weighted by Gasteiger charge is -2.27. The van der Waals surface area contributed by atoms with Gasteiger partial charge >= 0.3 is 6.18 Å². The van der Waals surface area contributed by atoms with E-state index in [0.717, 1.165) is 4.90 Å². The highest BCUT2D eigenvalue weighted by molar-refractivity contribution is 6.24. The van der Waals surface area contributed by atoms with Crippen LogP contribution in [0.25, 0.3) is 0 Å². The van der Waals surface area contributed by atoms with Crippen molar-refractivity contribution in [2.24, 2.45) is 0 Å². The number of unbranched alkanes of at least 4 members (excludes halogenated alkanes) is 3. The Bertz CT molecular complexity index is 975. The highest BCUT2D eigenvalue weighted by Crippen LogP contribution is 2.33. The molecule has 0 saturated carbocycles. The summed E-state index contributed by atoms with van der Waals surface area (Å²) in [7, 11) is 0. The third kappa shape index (κ3) is 5.96. The Morgan fingerprint density at radius 2 is 1.79 bits per heavy atom. The summed E-state index contributed by atoms with van der Waals surface area (Å²) in [5.74, 6) is -2.89. The molecule has 3 rings (SSSR count). The van der Waals surface area contributed by atoms with E-state index in [1.165, 1.54) is 18.2 Å². The summed E-state index contributed by atoms with van der Waals surface area (Å²) < 4.78 is 41.8. The van der Waals surface area contributed by atoms with Crippen molar-refractivity contribution in [3.8, 4) is 5.75 Å². The third-order valence-corrected chi connectivity index (χ3v) is 5.48. The van der Waals surface area contributed by atoms with E-state index in [9.17, 15) is 37.1 Å². The van der Waals surface area contributed by atoms with Crippen LogP contribution in [-0.4, -0.2) is 53.1 Å². The quantitative estimate of drug-likeness (QED) is 0.418. The van der Waals surface area contributed by atoms with Gasteiger partial charge in [-0.25, -0.2) is 0 Å². The first-order chi connectivity index (χ1) is 15.6. The number of alkyl halides is 3. The minimum atomic E-state index is -4.17. The Morgan fingerprint density at radius 3 is 2.48 bits per heavy atom. The van der Waals surface area contributed by atoms with Crippen LogP contribution in [0.5, 0.6) is 5.75 Å². The van der Waals surface area contributed by atoms with Crippen LogP contribution in [-0.2, 0) is 14.4 Å². The molecule has 1 atom stereocenters. The van der Waals surface area contributed by atoms with E-state index in [-0.39, 0.29) is 54.9 Å². The van der Waals surface area contributed by atoms with Crippen molar-refractivity contribution in [2.45, 2.75) is 63.6 Å². The lowest BCUT2D eigenvalue weighted by atomic mass is 10.0. The molecule has 1 N–H and O–H groups in total. The molecule has 1 saturated heterocycles. The van der Waals surface area contributed by atoms with E-state index in [1.807, 2.05) is 0 Å². The molecular formula is C22H23F3N2O6. The monoisotopic (exact) mass is 468 g/mol. The van der Waals surface area contributed by atoms with Crippen molar-refractivity contribution in [2.75, 3.05) is 6.61 Å². The molecule has 0 aromatic heterocycles. The average Bonchev–Trinajstić information content (AvgIpc) is 2.99. The molecule has 0 aliphatic carbocycles. The van der Waals surface area contributed by atoms with E-state index in [0.29, 0.717) is 19.3 Å². The number of hydrogen-bond acceptors (Lipinski definition) is 6. The SMILES string of the molecule is O=C(CCCCCCC(F)(F)F)COc1cccc2c1C(=O)N(C1CCC(=O)NC1=O)C2=O. The number of ether oxygens (including phenoxy) is 1. The first-order valence-corrected chi connectivity index (χ1v) is 10.6. The Hall–Kier alpha value is -3.24. The van der Waals surface area contributed by atoms with E-state index in [2.05, 4.69) is 5.32 Å². The van der Waals surface area contributed by atoms with Crippen LogP contribution in [0.2, 0.25) is 0 Å². The number of amides is 4.